The zero-order valence-corrected chi connectivity index (χ0v) is 12.9. The van der Waals surface area contributed by atoms with Crippen LogP contribution in [0.4, 0.5) is 0 Å². The molecule has 0 spiro atoms. The third-order valence-corrected chi connectivity index (χ3v) is 4.23. The Bertz CT molecular complexity index is 745. The molecule has 2 rings (SSSR count). The van der Waals surface area contributed by atoms with Crippen LogP contribution in [0.15, 0.2) is 17.3 Å². The van der Waals surface area contributed by atoms with Gasteiger partial charge in [-0.05, 0) is 6.92 Å². The van der Waals surface area contributed by atoms with E-state index in [1.165, 1.54) is 18.1 Å². The van der Waals surface area contributed by atoms with Crippen molar-refractivity contribution >= 4 is 31.3 Å². The first-order valence-electron chi connectivity index (χ1n) is 5.34. The summed E-state index contributed by atoms with van der Waals surface area (Å²) in [6.45, 7) is 1.72. The van der Waals surface area contributed by atoms with Gasteiger partial charge in [-0.15, -0.1) is 0 Å². The van der Waals surface area contributed by atoms with Crippen LogP contribution in [-0.4, -0.2) is 35.3 Å². The van der Waals surface area contributed by atoms with Gasteiger partial charge in [0.15, 0.2) is 11.0 Å². The number of rotatable bonds is 4. The van der Waals surface area contributed by atoms with E-state index in [4.69, 9.17) is 27.0 Å². The summed E-state index contributed by atoms with van der Waals surface area (Å²) >= 11 is 6.06. The molecule has 0 bridgehead atoms. The van der Waals surface area contributed by atoms with Gasteiger partial charge in [-0.25, -0.2) is 23.1 Å². The summed E-state index contributed by atoms with van der Waals surface area (Å²) in [6, 6.07) is 1.61. The van der Waals surface area contributed by atoms with Crippen molar-refractivity contribution < 1.29 is 13.2 Å². The zero-order chi connectivity index (χ0) is 14.9. The van der Waals surface area contributed by atoms with Crippen molar-refractivity contribution in [1.29, 1.82) is 0 Å². The Morgan fingerprint density at radius 3 is 2.65 bits per heavy atom. The Hall–Kier alpha value is -1.22. The van der Waals surface area contributed by atoms with Gasteiger partial charge < -0.3 is 4.74 Å². The Balaban J connectivity index is 2.68. The fourth-order valence-electron chi connectivity index (χ4n) is 1.61. The number of nitrogens with zero attached hydrogens (tertiary/aromatic N) is 4. The topological polar surface area (TPSA) is 87.0 Å². The third kappa shape index (κ3) is 2.93. The summed E-state index contributed by atoms with van der Waals surface area (Å²) in [5, 5.41) is 3.94. The van der Waals surface area contributed by atoms with Crippen LogP contribution in [0.25, 0.3) is 5.82 Å². The van der Waals surface area contributed by atoms with Gasteiger partial charge in [-0.2, -0.15) is 5.10 Å². The lowest BCUT2D eigenvalue weighted by molar-refractivity contribution is 0.179. The van der Waals surface area contributed by atoms with Crippen molar-refractivity contribution in [1.82, 2.24) is 19.7 Å². The molecule has 2 heterocycles. The van der Waals surface area contributed by atoms with Gasteiger partial charge in [-0.1, -0.05) is 11.6 Å². The van der Waals surface area contributed by atoms with E-state index in [0.717, 1.165) is 0 Å². The molecule has 0 saturated carbocycles. The van der Waals surface area contributed by atoms with Gasteiger partial charge in [0.1, 0.15) is 16.9 Å². The van der Waals surface area contributed by atoms with E-state index in [9.17, 15) is 8.42 Å². The minimum atomic E-state index is -4.05. The number of methoxy groups -OCH3 is 1. The Kier molecular flexibility index (Phi) is 4.28. The van der Waals surface area contributed by atoms with Gasteiger partial charge in [-0.3, -0.25) is 0 Å². The fraction of sp³-hybridized carbons (Fsp3) is 0.300. The van der Waals surface area contributed by atoms with Crippen molar-refractivity contribution in [3.05, 3.63) is 28.9 Å². The SMILES string of the molecule is COCc1nn(-c2cc(C)ncn2)c(Cl)c1S(=O)(=O)Cl. The highest BCUT2D eigenvalue weighted by molar-refractivity contribution is 8.13. The van der Waals surface area contributed by atoms with Crippen molar-refractivity contribution in [2.75, 3.05) is 7.11 Å². The summed E-state index contributed by atoms with van der Waals surface area (Å²) < 4.78 is 29.3. The molecule has 0 aromatic carbocycles. The molecule has 108 valence electrons. The molecule has 20 heavy (non-hydrogen) atoms. The first-order valence-corrected chi connectivity index (χ1v) is 8.03. The molecule has 0 aliphatic carbocycles. The van der Waals surface area contributed by atoms with Crippen LogP contribution in [0.1, 0.15) is 11.4 Å². The highest BCUT2D eigenvalue weighted by atomic mass is 35.7. The van der Waals surface area contributed by atoms with Gasteiger partial charge in [0, 0.05) is 29.6 Å². The lowest BCUT2D eigenvalue weighted by atomic mass is 10.4. The molecule has 0 N–H and O–H groups in total. The van der Waals surface area contributed by atoms with E-state index < -0.39 is 9.05 Å². The molecular formula is C10H10Cl2N4O3S. The number of ether oxygens (including phenoxy) is 1. The Labute approximate surface area is 124 Å². The third-order valence-electron chi connectivity index (χ3n) is 2.39. The molecule has 2 aromatic heterocycles. The van der Waals surface area contributed by atoms with Crippen LogP contribution in [0.5, 0.6) is 0 Å². The number of aromatic nitrogens is 4. The molecule has 0 aliphatic rings. The maximum atomic E-state index is 11.6. The highest BCUT2D eigenvalue weighted by Gasteiger charge is 2.27. The normalized spacial score (nSPS) is 11.8. The van der Waals surface area contributed by atoms with Crippen LogP contribution in [0, 0.1) is 6.92 Å². The summed E-state index contributed by atoms with van der Waals surface area (Å²) in [4.78, 5) is 7.66. The van der Waals surface area contributed by atoms with E-state index in [1.807, 2.05) is 0 Å². The van der Waals surface area contributed by atoms with E-state index >= 15 is 0 Å². The summed E-state index contributed by atoms with van der Waals surface area (Å²) in [7, 11) is 2.74. The summed E-state index contributed by atoms with van der Waals surface area (Å²) in [6.07, 6.45) is 1.33. The first kappa shape index (κ1) is 15.2. The molecule has 7 nitrogen and oxygen atoms in total. The molecule has 10 heteroatoms. The van der Waals surface area contributed by atoms with Crippen LogP contribution >= 0.6 is 22.3 Å². The quantitative estimate of drug-likeness (QED) is 0.789. The molecule has 0 saturated heterocycles. The van der Waals surface area contributed by atoms with Crippen LogP contribution < -0.4 is 0 Å². The standard InChI is InChI=1S/C10H10Cl2N4O3S/c1-6-3-8(14-5-13-6)16-10(11)9(20(12,17)18)7(15-16)4-19-2/h3,5H,4H2,1-2H3. The Morgan fingerprint density at radius 1 is 1.40 bits per heavy atom. The molecular weight excluding hydrogens is 327 g/mol. The van der Waals surface area contributed by atoms with Crippen LogP contribution in [0.3, 0.4) is 0 Å². The van der Waals surface area contributed by atoms with Gasteiger partial charge in [0.2, 0.25) is 0 Å². The number of halogens is 2. The number of hydrogen-bond acceptors (Lipinski definition) is 6. The number of aryl methyl sites for hydroxylation is 1. The molecule has 0 amide bonds. The second kappa shape index (κ2) is 5.65. The maximum absolute atomic E-state index is 11.6. The second-order valence-corrected chi connectivity index (χ2v) is 6.73. The number of hydrogen-bond donors (Lipinski definition) is 0. The molecule has 0 unspecified atom stereocenters. The Morgan fingerprint density at radius 2 is 2.10 bits per heavy atom. The predicted molar refractivity (Wildman–Crippen MR) is 72.7 cm³/mol. The van der Waals surface area contributed by atoms with Crippen LogP contribution in [-0.2, 0) is 20.4 Å². The van der Waals surface area contributed by atoms with Gasteiger partial charge in [0.05, 0.1) is 6.61 Å². The van der Waals surface area contributed by atoms with Crippen molar-refractivity contribution in [3.8, 4) is 5.82 Å². The highest BCUT2D eigenvalue weighted by Crippen LogP contribution is 2.30. The largest absolute Gasteiger partial charge is 0.378 e. The minimum Gasteiger partial charge on any atom is -0.378 e. The average molecular weight is 337 g/mol. The van der Waals surface area contributed by atoms with Crippen LogP contribution in [0.2, 0.25) is 5.15 Å². The summed E-state index contributed by atoms with van der Waals surface area (Å²) in [5.74, 6) is 0.339. The molecule has 0 aliphatic heterocycles. The van der Waals surface area contributed by atoms with Gasteiger partial charge in [0.25, 0.3) is 9.05 Å². The lowest BCUT2D eigenvalue weighted by Crippen LogP contribution is -2.02. The lowest BCUT2D eigenvalue weighted by Gasteiger charge is -2.02. The van der Waals surface area contributed by atoms with Crippen molar-refractivity contribution in [2.24, 2.45) is 0 Å². The summed E-state index contributed by atoms with van der Waals surface area (Å²) in [5.41, 5.74) is 0.800. The average Bonchev–Trinajstić information content (AvgIpc) is 2.66. The zero-order valence-electron chi connectivity index (χ0n) is 10.5. The molecule has 0 fully saturated rings. The van der Waals surface area contributed by atoms with E-state index in [0.29, 0.717) is 11.5 Å². The predicted octanol–water partition coefficient (Wildman–Crippen LogP) is 1.70. The van der Waals surface area contributed by atoms with E-state index in [2.05, 4.69) is 15.1 Å². The molecule has 0 atom stereocenters. The van der Waals surface area contributed by atoms with E-state index in [1.54, 1.807) is 13.0 Å². The molecule has 2 aromatic rings. The second-order valence-electron chi connectivity index (χ2n) is 3.87. The maximum Gasteiger partial charge on any atom is 0.266 e. The first-order chi connectivity index (χ1) is 9.34. The van der Waals surface area contributed by atoms with E-state index in [-0.39, 0.29) is 22.3 Å². The molecule has 0 radical (unpaired) electrons. The minimum absolute atomic E-state index is 0.0436. The van der Waals surface area contributed by atoms with Crippen molar-refractivity contribution in [3.63, 3.8) is 0 Å². The van der Waals surface area contributed by atoms with Gasteiger partial charge >= 0.3 is 0 Å². The smallest absolute Gasteiger partial charge is 0.266 e. The van der Waals surface area contributed by atoms with Crippen molar-refractivity contribution in [2.45, 2.75) is 18.4 Å². The monoisotopic (exact) mass is 336 g/mol. The fourth-order valence-corrected chi connectivity index (χ4v) is 3.42.